The normalized spacial score (nSPS) is 15.6. The largest absolute Gasteiger partial charge is 0.486 e. The zero-order valence-corrected chi connectivity index (χ0v) is 15.7. The van der Waals surface area contributed by atoms with E-state index in [9.17, 15) is 4.79 Å². The summed E-state index contributed by atoms with van der Waals surface area (Å²) >= 11 is 3.33. The van der Waals surface area contributed by atoms with Gasteiger partial charge in [-0.25, -0.2) is 0 Å². The van der Waals surface area contributed by atoms with Crippen LogP contribution < -0.4 is 9.47 Å². The summed E-state index contributed by atoms with van der Waals surface area (Å²) in [6.07, 6.45) is 0.957. The SMILES string of the molecule is O=C(c1ccc(-c2ccc3c(c2)OCCO3)s1)N1CCc2sccc2C1. The number of rotatable bonds is 2. The van der Waals surface area contributed by atoms with Gasteiger partial charge in [0.05, 0.1) is 4.88 Å². The van der Waals surface area contributed by atoms with E-state index in [0.29, 0.717) is 13.2 Å². The van der Waals surface area contributed by atoms with Gasteiger partial charge in [0, 0.05) is 22.8 Å². The highest BCUT2D eigenvalue weighted by Crippen LogP contribution is 2.37. The second-order valence-electron chi connectivity index (χ2n) is 6.37. The first kappa shape index (κ1) is 15.9. The number of nitrogens with zero attached hydrogens (tertiary/aromatic N) is 1. The van der Waals surface area contributed by atoms with Crippen molar-refractivity contribution in [2.45, 2.75) is 13.0 Å². The molecule has 0 unspecified atom stereocenters. The molecule has 0 N–H and O–H groups in total. The second-order valence-corrected chi connectivity index (χ2v) is 8.45. The van der Waals surface area contributed by atoms with E-state index >= 15 is 0 Å². The van der Waals surface area contributed by atoms with E-state index in [2.05, 4.69) is 11.4 Å². The minimum Gasteiger partial charge on any atom is -0.486 e. The van der Waals surface area contributed by atoms with Crippen LogP contribution in [0.1, 0.15) is 20.1 Å². The first-order valence-electron chi connectivity index (χ1n) is 8.62. The van der Waals surface area contributed by atoms with Crippen LogP contribution >= 0.6 is 22.7 Å². The van der Waals surface area contributed by atoms with Crippen molar-refractivity contribution in [2.75, 3.05) is 19.8 Å². The van der Waals surface area contributed by atoms with Crippen molar-refractivity contribution in [1.82, 2.24) is 4.90 Å². The third kappa shape index (κ3) is 2.79. The molecule has 6 heteroatoms. The molecule has 2 aliphatic rings. The number of fused-ring (bicyclic) bond motifs is 2. The number of carbonyl (C=O) groups is 1. The number of amides is 1. The maximum Gasteiger partial charge on any atom is 0.264 e. The van der Waals surface area contributed by atoms with Gasteiger partial charge in [-0.15, -0.1) is 22.7 Å². The van der Waals surface area contributed by atoms with Gasteiger partial charge in [-0.3, -0.25) is 4.79 Å². The Labute approximate surface area is 159 Å². The van der Waals surface area contributed by atoms with Crippen LogP contribution in [0.3, 0.4) is 0 Å². The van der Waals surface area contributed by atoms with E-state index in [-0.39, 0.29) is 5.91 Å². The van der Waals surface area contributed by atoms with Crippen LogP contribution in [-0.2, 0) is 13.0 Å². The Morgan fingerprint density at radius 2 is 1.92 bits per heavy atom. The van der Waals surface area contributed by atoms with E-state index in [0.717, 1.165) is 46.3 Å². The lowest BCUT2D eigenvalue weighted by molar-refractivity contribution is 0.0741. The van der Waals surface area contributed by atoms with Gasteiger partial charge in [0.15, 0.2) is 11.5 Å². The molecule has 132 valence electrons. The van der Waals surface area contributed by atoms with Crippen molar-refractivity contribution >= 4 is 28.6 Å². The first-order chi connectivity index (χ1) is 12.8. The van der Waals surface area contributed by atoms with Gasteiger partial charge in [0.25, 0.3) is 5.91 Å². The van der Waals surface area contributed by atoms with Gasteiger partial charge >= 0.3 is 0 Å². The molecule has 3 aromatic rings. The van der Waals surface area contributed by atoms with Crippen LogP contribution in [0.5, 0.6) is 11.5 Å². The maximum absolute atomic E-state index is 12.9. The van der Waals surface area contributed by atoms with Gasteiger partial charge < -0.3 is 14.4 Å². The Morgan fingerprint density at radius 1 is 1.04 bits per heavy atom. The molecule has 0 saturated heterocycles. The van der Waals surface area contributed by atoms with Crippen molar-refractivity contribution in [1.29, 1.82) is 0 Å². The molecule has 0 spiro atoms. The molecular weight excluding hydrogens is 366 g/mol. The average molecular weight is 383 g/mol. The Hall–Kier alpha value is -2.31. The number of hydrogen-bond acceptors (Lipinski definition) is 5. The van der Waals surface area contributed by atoms with Crippen LogP contribution in [0, 0.1) is 0 Å². The predicted molar refractivity (Wildman–Crippen MR) is 104 cm³/mol. The summed E-state index contributed by atoms with van der Waals surface area (Å²) in [7, 11) is 0. The predicted octanol–water partition coefficient (Wildman–Crippen LogP) is 4.45. The molecule has 1 amide bonds. The van der Waals surface area contributed by atoms with Gasteiger partial charge in [-0.2, -0.15) is 0 Å². The minimum atomic E-state index is 0.121. The lowest BCUT2D eigenvalue weighted by Gasteiger charge is -2.26. The van der Waals surface area contributed by atoms with E-state index in [4.69, 9.17) is 9.47 Å². The molecule has 0 saturated carbocycles. The number of benzene rings is 1. The number of hydrogen-bond donors (Lipinski definition) is 0. The monoisotopic (exact) mass is 383 g/mol. The Morgan fingerprint density at radius 3 is 2.85 bits per heavy atom. The lowest BCUT2D eigenvalue weighted by atomic mass is 10.1. The van der Waals surface area contributed by atoms with Crippen LogP contribution in [0.25, 0.3) is 10.4 Å². The fraction of sp³-hybridized carbons (Fsp3) is 0.250. The number of ether oxygens (including phenoxy) is 2. The van der Waals surface area contributed by atoms with Gasteiger partial charge in [0.2, 0.25) is 0 Å². The van der Waals surface area contributed by atoms with Gasteiger partial charge in [-0.05, 0) is 59.3 Å². The molecule has 0 fully saturated rings. The molecule has 2 aromatic heterocycles. The molecule has 0 bridgehead atoms. The lowest BCUT2D eigenvalue weighted by Crippen LogP contribution is -2.34. The van der Waals surface area contributed by atoms with Crippen LogP contribution in [0.2, 0.25) is 0 Å². The van der Waals surface area contributed by atoms with E-state index in [1.807, 2.05) is 35.2 Å². The summed E-state index contributed by atoms with van der Waals surface area (Å²) in [5, 5.41) is 2.11. The van der Waals surface area contributed by atoms with Crippen LogP contribution in [0.15, 0.2) is 41.8 Å². The highest BCUT2D eigenvalue weighted by molar-refractivity contribution is 7.17. The van der Waals surface area contributed by atoms with E-state index < -0.39 is 0 Å². The molecular formula is C20H17NO3S2. The quantitative estimate of drug-likeness (QED) is 0.656. The molecule has 0 atom stereocenters. The maximum atomic E-state index is 12.9. The highest BCUT2D eigenvalue weighted by atomic mass is 32.1. The van der Waals surface area contributed by atoms with Crippen molar-refractivity contribution in [2.24, 2.45) is 0 Å². The molecule has 5 rings (SSSR count). The fourth-order valence-corrected chi connectivity index (χ4v) is 5.24. The van der Waals surface area contributed by atoms with Crippen molar-refractivity contribution in [3.8, 4) is 21.9 Å². The van der Waals surface area contributed by atoms with Crippen molar-refractivity contribution in [3.63, 3.8) is 0 Å². The van der Waals surface area contributed by atoms with Crippen LogP contribution in [0.4, 0.5) is 0 Å². The van der Waals surface area contributed by atoms with E-state index in [1.165, 1.54) is 21.8 Å². The van der Waals surface area contributed by atoms with Gasteiger partial charge in [-0.1, -0.05) is 0 Å². The zero-order valence-electron chi connectivity index (χ0n) is 14.1. The molecule has 0 aliphatic carbocycles. The third-order valence-electron chi connectivity index (χ3n) is 4.74. The summed E-state index contributed by atoms with van der Waals surface area (Å²) in [5.41, 5.74) is 2.34. The molecule has 2 aliphatic heterocycles. The summed E-state index contributed by atoms with van der Waals surface area (Å²) in [6.45, 7) is 2.67. The average Bonchev–Trinajstić information content (AvgIpc) is 3.36. The highest BCUT2D eigenvalue weighted by Gasteiger charge is 2.24. The third-order valence-corrected chi connectivity index (χ3v) is 6.88. The van der Waals surface area contributed by atoms with Gasteiger partial charge in [0.1, 0.15) is 13.2 Å². The summed E-state index contributed by atoms with van der Waals surface area (Å²) in [5.74, 6) is 1.68. The van der Waals surface area contributed by atoms with E-state index in [1.54, 1.807) is 11.3 Å². The molecule has 26 heavy (non-hydrogen) atoms. The summed E-state index contributed by atoms with van der Waals surface area (Å²) in [4.78, 5) is 18.1. The molecule has 0 radical (unpaired) electrons. The van der Waals surface area contributed by atoms with Crippen LogP contribution in [-0.4, -0.2) is 30.6 Å². The molecule has 1 aromatic carbocycles. The number of carbonyl (C=O) groups excluding carboxylic acids is 1. The smallest absolute Gasteiger partial charge is 0.264 e. The second kappa shape index (κ2) is 6.45. The van der Waals surface area contributed by atoms with Crippen molar-refractivity contribution < 1.29 is 14.3 Å². The standard InChI is InChI=1S/C20H17NO3S2/c22-20(21-7-5-17-14(12-21)6-10-25-17)19-4-3-18(26-19)13-1-2-15-16(11-13)24-9-8-23-15/h1-4,6,10-11H,5,7-9,12H2. The first-order valence-corrected chi connectivity index (χ1v) is 10.3. The summed E-state index contributed by atoms with van der Waals surface area (Å²) < 4.78 is 11.2. The fourth-order valence-electron chi connectivity index (χ4n) is 3.38. The molecule has 4 nitrogen and oxygen atoms in total. The van der Waals surface area contributed by atoms with Crippen molar-refractivity contribution in [3.05, 3.63) is 57.1 Å². The Balaban J connectivity index is 1.38. The number of thiophene rings is 2. The Bertz CT molecular complexity index is 975. The Kier molecular flexibility index (Phi) is 3.94. The zero-order chi connectivity index (χ0) is 17.5. The topological polar surface area (TPSA) is 38.8 Å². The minimum absolute atomic E-state index is 0.121. The molecule has 4 heterocycles. The summed E-state index contributed by atoms with van der Waals surface area (Å²) in [6, 6.07) is 12.0.